The van der Waals surface area contributed by atoms with Gasteiger partial charge in [0.1, 0.15) is 0 Å². The van der Waals surface area contributed by atoms with E-state index in [0.717, 1.165) is 5.56 Å². The van der Waals surface area contributed by atoms with Gasteiger partial charge in [-0.05, 0) is 26.3 Å². The van der Waals surface area contributed by atoms with Crippen LogP contribution in [0.5, 0.6) is 0 Å². The highest BCUT2D eigenvalue weighted by molar-refractivity contribution is 5.75. The minimum Gasteiger partial charge on any atom is -0.472 e. The number of amides is 1. The fraction of sp³-hybridized carbons (Fsp3) is 0.583. The van der Waals surface area contributed by atoms with Gasteiger partial charge in [-0.2, -0.15) is 0 Å². The molecule has 0 fully saturated rings. The van der Waals surface area contributed by atoms with Gasteiger partial charge in [0.25, 0.3) is 0 Å². The molecular formula is C12H20N2O2. The molecule has 1 heterocycles. The Labute approximate surface area is 96.4 Å². The zero-order valence-corrected chi connectivity index (χ0v) is 10.2. The minimum absolute atomic E-state index is 0.111. The van der Waals surface area contributed by atoms with Gasteiger partial charge in [-0.25, -0.2) is 0 Å². The molecule has 2 N–H and O–H groups in total. The van der Waals surface area contributed by atoms with Crippen molar-refractivity contribution in [3.8, 4) is 0 Å². The van der Waals surface area contributed by atoms with E-state index in [1.54, 1.807) is 24.5 Å². The molecular weight excluding hydrogens is 204 g/mol. The number of nitrogens with zero attached hydrogens (tertiary/aromatic N) is 1. The van der Waals surface area contributed by atoms with Gasteiger partial charge in [0.15, 0.2) is 0 Å². The third-order valence-electron chi connectivity index (χ3n) is 2.41. The minimum atomic E-state index is -0.286. The maximum Gasteiger partial charge on any atom is 0.222 e. The number of rotatable bonds is 5. The van der Waals surface area contributed by atoms with E-state index in [9.17, 15) is 4.79 Å². The smallest absolute Gasteiger partial charge is 0.222 e. The topological polar surface area (TPSA) is 59.5 Å². The monoisotopic (exact) mass is 224 g/mol. The Kier molecular flexibility index (Phi) is 4.12. The Balaban J connectivity index is 2.37. The van der Waals surface area contributed by atoms with E-state index in [1.807, 2.05) is 19.9 Å². The van der Waals surface area contributed by atoms with E-state index < -0.39 is 0 Å². The van der Waals surface area contributed by atoms with Crippen molar-refractivity contribution in [2.75, 3.05) is 7.05 Å². The van der Waals surface area contributed by atoms with E-state index >= 15 is 0 Å². The summed E-state index contributed by atoms with van der Waals surface area (Å²) in [5.41, 5.74) is 6.55. The summed E-state index contributed by atoms with van der Waals surface area (Å²) in [5, 5.41) is 0. The third-order valence-corrected chi connectivity index (χ3v) is 2.41. The van der Waals surface area contributed by atoms with Crippen LogP contribution in [-0.2, 0) is 11.3 Å². The van der Waals surface area contributed by atoms with Crippen LogP contribution in [0.25, 0.3) is 0 Å². The summed E-state index contributed by atoms with van der Waals surface area (Å²) < 4.78 is 4.95. The zero-order chi connectivity index (χ0) is 12.2. The van der Waals surface area contributed by atoms with Crippen molar-refractivity contribution in [3.05, 3.63) is 24.2 Å². The molecule has 0 aliphatic carbocycles. The molecule has 1 aromatic rings. The van der Waals surface area contributed by atoms with Crippen LogP contribution >= 0.6 is 0 Å². The van der Waals surface area contributed by atoms with Crippen molar-refractivity contribution < 1.29 is 9.21 Å². The van der Waals surface area contributed by atoms with Gasteiger partial charge >= 0.3 is 0 Å². The van der Waals surface area contributed by atoms with Crippen LogP contribution in [-0.4, -0.2) is 23.4 Å². The molecule has 90 valence electrons. The summed E-state index contributed by atoms with van der Waals surface area (Å²) in [5.74, 6) is 0.111. The molecule has 4 nitrogen and oxygen atoms in total. The van der Waals surface area contributed by atoms with Crippen LogP contribution < -0.4 is 5.73 Å². The van der Waals surface area contributed by atoms with E-state index in [4.69, 9.17) is 10.2 Å². The van der Waals surface area contributed by atoms with Gasteiger partial charge in [0.05, 0.1) is 12.5 Å². The lowest BCUT2D eigenvalue weighted by Gasteiger charge is -2.21. The first-order valence-corrected chi connectivity index (χ1v) is 5.42. The van der Waals surface area contributed by atoms with Crippen molar-refractivity contribution >= 4 is 5.91 Å². The van der Waals surface area contributed by atoms with Crippen LogP contribution in [0.3, 0.4) is 0 Å². The van der Waals surface area contributed by atoms with Crippen molar-refractivity contribution in [2.24, 2.45) is 5.73 Å². The van der Waals surface area contributed by atoms with Crippen molar-refractivity contribution in [3.63, 3.8) is 0 Å². The number of nitrogens with two attached hydrogens (primary N) is 1. The quantitative estimate of drug-likeness (QED) is 0.829. The number of furan rings is 1. The Morgan fingerprint density at radius 2 is 2.25 bits per heavy atom. The average molecular weight is 224 g/mol. The molecule has 1 rings (SSSR count). The molecule has 0 spiro atoms. The first-order valence-electron chi connectivity index (χ1n) is 5.42. The van der Waals surface area contributed by atoms with Gasteiger partial charge in [0.2, 0.25) is 5.91 Å². The first kappa shape index (κ1) is 12.8. The van der Waals surface area contributed by atoms with Gasteiger partial charge < -0.3 is 15.1 Å². The lowest BCUT2D eigenvalue weighted by molar-refractivity contribution is -0.130. The van der Waals surface area contributed by atoms with Gasteiger partial charge in [-0.3, -0.25) is 4.79 Å². The van der Waals surface area contributed by atoms with Crippen LogP contribution in [0.2, 0.25) is 0 Å². The van der Waals surface area contributed by atoms with Crippen molar-refractivity contribution in [2.45, 2.75) is 38.8 Å². The summed E-state index contributed by atoms with van der Waals surface area (Å²) in [6, 6.07) is 1.86. The highest BCUT2D eigenvalue weighted by Gasteiger charge is 2.16. The maximum absolute atomic E-state index is 11.8. The van der Waals surface area contributed by atoms with Crippen LogP contribution in [0.4, 0.5) is 0 Å². The fourth-order valence-electron chi connectivity index (χ4n) is 1.36. The van der Waals surface area contributed by atoms with Crippen LogP contribution in [0.15, 0.2) is 23.0 Å². The number of hydrogen-bond donors (Lipinski definition) is 1. The Morgan fingerprint density at radius 3 is 2.75 bits per heavy atom. The molecule has 1 aromatic heterocycles. The zero-order valence-electron chi connectivity index (χ0n) is 10.2. The Hall–Kier alpha value is -1.29. The lowest BCUT2D eigenvalue weighted by atomic mass is 10.00. The summed E-state index contributed by atoms with van der Waals surface area (Å²) in [4.78, 5) is 13.4. The van der Waals surface area contributed by atoms with Crippen molar-refractivity contribution in [1.29, 1.82) is 0 Å². The molecule has 1 amide bonds. The molecule has 0 saturated heterocycles. The highest BCUT2D eigenvalue weighted by Crippen LogP contribution is 2.10. The van der Waals surface area contributed by atoms with Gasteiger partial charge in [-0.1, -0.05) is 0 Å². The second-order valence-corrected chi connectivity index (χ2v) is 4.87. The number of hydrogen-bond acceptors (Lipinski definition) is 3. The molecule has 0 radical (unpaired) electrons. The van der Waals surface area contributed by atoms with E-state index in [2.05, 4.69) is 0 Å². The Morgan fingerprint density at radius 1 is 1.56 bits per heavy atom. The van der Waals surface area contributed by atoms with Gasteiger partial charge in [0, 0.05) is 31.1 Å². The lowest BCUT2D eigenvalue weighted by Crippen LogP contribution is -2.34. The summed E-state index contributed by atoms with van der Waals surface area (Å²) in [7, 11) is 1.79. The molecule has 16 heavy (non-hydrogen) atoms. The summed E-state index contributed by atoms with van der Waals surface area (Å²) in [6.07, 6.45) is 4.44. The standard InChI is InChI=1S/C12H20N2O2/c1-12(2,13)6-4-11(15)14(3)8-10-5-7-16-9-10/h5,7,9H,4,6,8,13H2,1-3H3. The molecule has 0 aliphatic rings. The van der Waals surface area contributed by atoms with E-state index in [1.165, 1.54) is 0 Å². The predicted octanol–water partition coefficient (Wildman–Crippen LogP) is 1.76. The van der Waals surface area contributed by atoms with E-state index in [0.29, 0.717) is 19.4 Å². The molecule has 0 saturated carbocycles. The largest absolute Gasteiger partial charge is 0.472 e. The van der Waals surface area contributed by atoms with Gasteiger partial charge in [-0.15, -0.1) is 0 Å². The molecule has 0 atom stereocenters. The number of carbonyl (C=O) groups excluding carboxylic acids is 1. The molecule has 0 unspecified atom stereocenters. The van der Waals surface area contributed by atoms with Crippen LogP contribution in [0, 0.1) is 0 Å². The molecule has 0 aliphatic heterocycles. The Bertz CT molecular complexity index is 325. The third kappa shape index (κ3) is 4.49. The SMILES string of the molecule is CN(Cc1ccoc1)C(=O)CCC(C)(C)N. The molecule has 0 bridgehead atoms. The molecule has 0 aromatic carbocycles. The van der Waals surface area contributed by atoms with Crippen molar-refractivity contribution in [1.82, 2.24) is 4.90 Å². The predicted molar refractivity (Wildman–Crippen MR) is 62.7 cm³/mol. The van der Waals surface area contributed by atoms with E-state index in [-0.39, 0.29) is 11.4 Å². The maximum atomic E-state index is 11.8. The van der Waals surface area contributed by atoms with Crippen LogP contribution in [0.1, 0.15) is 32.3 Å². The highest BCUT2D eigenvalue weighted by atomic mass is 16.3. The first-order chi connectivity index (χ1) is 7.38. The average Bonchev–Trinajstić information content (AvgIpc) is 2.65. The normalized spacial score (nSPS) is 11.5. The second-order valence-electron chi connectivity index (χ2n) is 4.87. The second kappa shape index (κ2) is 5.16. The summed E-state index contributed by atoms with van der Waals surface area (Å²) >= 11 is 0. The number of carbonyl (C=O) groups is 1. The fourth-order valence-corrected chi connectivity index (χ4v) is 1.36. The molecule has 4 heteroatoms. The summed E-state index contributed by atoms with van der Waals surface area (Å²) in [6.45, 7) is 4.44.